The van der Waals surface area contributed by atoms with Gasteiger partial charge in [0.25, 0.3) is 5.91 Å². The average molecular weight is 335 g/mol. The number of likely N-dealkylation sites (N-methyl/N-ethyl adjacent to an activating group) is 1. The van der Waals surface area contributed by atoms with E-state index in [-0.39, 0.29) is 30.7 Å². The average Bonchev–Trinajstić information content (AvgIpc) is 2.48. The summed E-state index contributed by atoms with van der Waals surface area (Å²) in [6.07, 6.45) is 5.39. The highest BCUT2D eigenvalue weighted by Crippen LogP contribution is 2.21. The van der Waals surface area contributed by atoms with Crippen molar-refractivity contribution in [1.29, 1.82) is 0 Å². The number of carbonyl (C=O) groups is 1. The summed E-state index contributed by atoms with van der Waals surface area (Å²) in [5, 5.41) is 5.92. The van der Waals surface area contributed by atoms with Crippen LogP contribution in [0.4, 0.5) is 5.82 Å². The largest absolute Gasteiger partial charge is 0.356 e. The zero-order valence-electron chi connectivity index (χ0n) is 12.3. The normalized spacial score (nSPS) is 13.9. The number of hydrogen-bond donors (Lipinski definition) is 2. The van der Waals surface area contributed by atoms with Crippen LogP contribution in [-0.4, -0.2) is 44.1 Å². The Bertz CT molecular complexity index is 425. The standard InChI is InChI=1S/C14H22N4O.2ClH/c1-15-8-9-17-14(19)12-6-5-7-16-13(12)18-10-3-2-4-11-18;;/h5-7,15H,2-4,8-11H2,1H3,(H,17,19);2*1H. The van der Waals surface area contributed by atoms with Crippen LogP contribution in [0.1, 0.15) is 29.6 Å². The maximum atomic E-state index is 12.2. The van der Waals surface area contributed by atoms with E-state index in [1.54, 1.807) is 6.20 Å². The van der Waals surface area contributed by atoms with Crippen LogP contribution in [0.2, 0.25) is 0 Å². The number of nitrogens with zero attached hydrogens (tertiary/aromatic N) is 2. The third-order valence-electron chi connectivity index (χ3n) is 3.35. The quantitative estimate of drug-likeness (QED) is 0.807. The number of nitrogens with one attached hydrogen (secondary N) is 2. The maximum Gasteiger partial charge on any atom is 0.255 e. The molecule has 0 spiro atoms. The summed E-state index contributed by atoms with van der Waals surface area (Å²) >= 11 is 0. The lowest BCUT2D eigenvalue weighted by atomic mass is 10.1. The second-order valence-electron chi connectivity index (χ2n) is 4.78. The monoisotopic (exact) mass is 334 g/mol. The molecule has 0 atom stereocenters. The lowest BCUT2D eigenvalue weighted by Gasteiger charge is -2.29. The number of pyridine rings is 1. The van der Waals surface area contributed by atoms with Gasteiger partial charge in [-0.1, -0.05) is 0 Å². The summed E-state index contributed by atoms with van der Waals surface area (Å²) in [6.45, 7) is 3.39. The van der Waals surface area contributed by atoms with Crippen molar-refractivity contribution in [1.82, 2.24) is 15.6 Å². The van der Waals surface area contributed by atoms with Crippen molar-refractivity contribution in [2.75, 3.05) is 38.1 Å². The summed E-state index contributed by atoms with van der Waals surface area (Å²) in [5.41, 5.74) is 0.681. The van der Waals surface area contributed by atoms with Gasteiger partial charge in [-0.15, -0.1) is 24.8 Å². The molecule has 0 radical (unpaired) electrons. The van der Waals surface area contributed by atoms with Gasteiger partial charge >= 0.3 is 0 Å². The van der Waals surface area contributed by atoms with Crippen molar-refractivity contribution in [2.45, 2.75) is 19.3 Å². The number of aromatic nitrogens is 1. The molecule has 2 heterocycles. The molecular weight excluding hydrogens is 311 g/mol. The SMILES string of the molecule is CNCCNC(=O)c1cccnc1N1CCCCC1.Cl.Cl. The molecule has 1 aromatic rings. The number of anilines is 1. The first-order valence-electron chi connectivity index (χ1n) is 6.95. The van der Waals surface area contributed by atoms with Gasteiger partial charge in [0.2, 0.25) is 0 Å². The molecule has 1 aliphatic heterocycles. The van der Waals surface area contributed by atoms with Gasteiger partial charge in [-0.3, -0.25) is 4.79 Å². The first-order valence-corrected chi connectivity index (χ1v) is 6.95. The summed E-state index contributed by atoms with van der Waals surface area (Å²) in [5.74, 6) is 0.785. The fourth-order valence-electron chi connectivity index (χ4n) is 2.33. The van der Waals surface area contributed by atoms with E-state index in [9.17, 15) is 4.79 Å². The van der Waals surface area contributed by atoms with Gasteiger partial charge in [0.05, 0.1) is 5.56 Å². The van der Waals surface area contributed by atoms with E-state index in [0.717, 1.165) is 25.5 Å². The molecule has 0 aliphatic carbocycles. The highest BCUT2D eigenvalue weighted by atomic mass is 35.5. The van der Waals surface area contributed by atoms with E-state index < -0.39 is 0 Å². The molecule has 1 aromatic heterocycles. The smallest absolute Gasteiger partial charge is 0.255 e. The molecule has 2 N–H and O–H groups in total. The van der Waals surface area contributed by atoms with E-state index in [2.05, 4.69) is 20.5 Å². The fraction of sp³-hybridized carbons (Fsp3) is 0.571. The molecule has 21 heavy (non-hydrogen) atoms. The third-order valence-corrected chi connectivity index (χ3v) is 3.35. The molecule has 0 unspecified atom stereocenters. The minimum atomic E-state index is -0.0380. The van der Waals surface area contributed by atoms with E-state index in [0.29, 0.717) is 12.1 Å². The number of carbonyl (C=O) groups excluding carboxylic acids is 1. The van der Waals surface area contributed by atoms with Crippen molar-refractivity contribution in [3.05, 3.63) is 23.9 Å². The molecule has 1 saturated heterocycles. The van der Waals surface area contributed by atoms with Gasteiger partial charge in [0, 0.05) is 32.4 Å². The fourth-order valence-corrected chi connectivity index (χ4v) is 2.33. The van der Waals surface area contributed by atoms with Crippen LogP contribution >= 0.6 is 24.8 Å². The molecule has 1 aliphatic rings. The number of rotatable bonds is 5. The van der Waals surface area contributed by atoms with Crippen molar-refractivity contribution < 1.29 is 4.79 Å². The van der Waals surface area contributed by atoms with Gasteiger partial charge < -0.3 is 15.5 Å². The van der Waals surface area contributed by atoms with Gasteiger partial charge in [0.15, 0.2) is 0 Å². The Morgan fingerprint density at radius 1 is 1.24 bits per heavy atom. The molecule has 1 amide bonds. The van der Waals surface area contributed by atoms with E-state index in [4.69, 9.17) is 0 Å². The lowest BCUT2D eigenvalue weighted by Crippen LogP contribution is -2.35. The number of piperidine rings is 1. The van der Waals surface area contributed by atoms with Gasteiger partial charge in [-0.05, 0) is 38.4 Å². The van der Waals surface area contributed by atoms with Crippen molar-refractivity contribution in [3.63, 3.8) is 0 Å². The summed E-state index contributed by atoms with van der Waals surface area (Å²) in [6, 6.07) is 3.67. The maximum absolute atomic E-state index is 12.2. The predicted octanol–water partition coefficient (Wildman–Crippen LogP) is 1.86. The lowest BCUT2D eigenvalue weighted by molar-refractivity contribution is 0.0954. The van der Waals surface area contributed by atoms with Crippen LogP contribution in [-0.2, 0) is 0 Å². The summed E-state index contributed by atoms with van der Waals surface area (Å²) < 4.78 is 0. The van der Waals surface area contributed by atoms with E-state index in [1.165, 1.54) is 19.3 Å². The Morgan fingerprint density at radius 3 is 2.62 bits per heavy atom. The van der Waals surface area contributed by atoms with Crippen molar-refractivity contribution in [2.24, 2.45) is 0 Å². The zero-order chi connectivity index (χ0) is 13.5. The molecule has 1 fully saturated rings. The highest BCUT2D eigenvalue weighted by molar-refractivity contribution is 5.98. The van der Waals surface area contributed by atoms with Crippen LogP contribution in [0, 0.1) is 0 Å². The number of halogens is 2. The second kappa shape index (κ2) is 10.7. The molecule has 0 aromatic carbocycles. The van der Waals surface area contributed by atoms with E-state index in [1.807, 2.05) is 19.2 Å². The Morgan fingerprint density at radius 2 is 1.95 bits per heavy atom. The molecule has 0 saturated carbocycles. The van der Waals surface area contributed by atoms with Crippen LogP contribution in [0.3, 0.4) is 0 Å². The minimum Gasteiger partial charge on any atom is -0.356 e. The van der Waals surface area contributed by atoms with Crippen LogP contribution in [0.15, 0.2) is 18.3 Å². The number of hydrogen-bond acceptors (Lipinski definition) is 4. The molecule has 0 bridgehead atoms. The van der Waals surface area contributed by atoms with Gasteiger partial charge in [-0.25, -0.2) is 4.98 Å². The van der Waals surface area contributed by atoms with Crippen molar-refractivity contribution in [3.8, 4) is 0 Å². The van der Waals surface area contributed by atoms with Gasteiger partial charge in [-0.2, -0.15) is 0 Å². The van der Waals surface area contributed by atoms with Crippen molar-refractivity contribution >= 4 is 36.5 Å². The predicted molar refractivity (Wildman–Crippen MR) is 91.1 cm³/mol. The minimum absolute atomic E-state index is 0. The molecular formula is C14H24Cl2N4O. The first kappa shape index (κ1) is 20.0. The Hall–Kier alpha value is -1.04. The zero-order valence-corrected chi connectivity index (χ0v) is 13.9. The van der Waals surface area contributed by atoms with Crippen LogP contribution in [0.25, 0.3) is 0 Å². The van der Waals surface area contributed by atoms with Crippen LogP contribution in [0.5, 0.6) is 0 Å². The third kappa shape index (κ3) is 5.69. The molecule has 2 rings (SSSR count). The first-order chi connectivity index (χ1) is 9.33. The Balaban J connectivity index is 0.00000200. The molecule has 7 heteroatoms. The summed E-state index contributed by atoms with van der Waals surface area (Å²) in [4.78, 5) is 18.8. The molecule has 120 valence electrons. The summed E-state index contributed by atoms with van der Waals surface area (Å²) in [7, 11) is 1.87. The Labute approximate surface area is 138 Å². The number of amides is 1. The van der Waals surface area contributed by atoms with E-state index >= 15 is 0 Å². The Kier molecular flexibility index (Phi) is 10.1. The van der Waals surface area contributed by atoms with Crippen LogP contribution < -0.4 is 15.5 Å². The highest BCUT2D eigenvalue weighted by Gasteiger charge is 2.19. The molecule has 5 nitrogen and oxygen atoms in total. The second-order valence-corrected chi connectivity index (χ2v) is 4.78. The van der Waals surface area contributed by atoms with Gasteiger partial charge in [0.1, 0.15) is 5.82 Å². The topological polar surface area (TPSA) is 57.3 Å².